The molecule has 1 fully saturated rings. The number of aliphatic hydroxyl groups is 2. The molecule has 0 amide bonds. The van der Waals surface area contributed by atoms with Gasteiger partial charge in [0.1, 0.15) is 24.1 Å². The number of anilines is 1. The van der Waals surface area contributed by atoms with Crippen LogP contribution >= 0.6 is 0 Å². The van der Waals surface area contributed by atoms with E-state index in [4.69, 9.17) is 10.5 Å². The molecule has 0 aromatic carbocycles. The summed E-state index contributed by atoms with van der Waals surface area (Å²) in [7, 11) is 0. The molecule has 7 nitrogen and oxygen atoms in total. The zero-order valence-corrected chi connectivity index (χ0v) is 10.5. The molecule has 1 aliphatic rings. The van der Waals surface area contributed by atoms with Gasteiger partial charge < -0.3 is 20.7 Å². The predicted molar refractivity (Wildman–Crippen MR) is 67.3 cm³/mol. The Bertz CT molecular complexity index is 600. The molecule has 2 aromatic rings. The zero-order valence-electron chi connectivity index (χ0n) is 10.5. The Morgan fingerprint density at radius 2 is 2.26 bits per heavy atom. The highest BCUT2D eigenvalue weighted by atomic mass is 16.5. The smallest absolute Gasteiger partial charge is 0.151 e. The molecule has 0 spiro atoms. The lowest BCUT2D eigenvalue weighted by atomic mass is 9.97. The van der Waals surface area contributed by atoms with Crippen LogP contribution in [0.3, 0.4) is 0 Å². The van der Waals surface area contributed by atoms with Crippen molar-refractivity contribution in [1.29, 1.82) is 0 Å². The first-order valence-corrected chi connectivity index (χ1v) is 6.16. The second kappa shape index (κ2) is 4.44. The second-order valence-electron chi connectivity index (χ2n) is 4.83. The maximum absolute atomic E-state index is 10.0. The number of nitrogen functional groups attached to an aromatic ring is 1. The first-order valence-electron chi connectivity index (χ1n) is 6.16. The summed E-state index contributed by atoms with van der Waals surface area (Å²) in [4.78, 5) is 3.93. The van der Waals surface area contributed by atoms with Crippen LogP contribution in [0.5, 0.6) is 0 Å². The van der Waals surface area contributed by atoms with Crippen molar-refractivity contribution in [3.8, 4) is 0 Å². The largest absolute Gasteiger partial charge is 0.394 e. The lowest BCUT2D eigenvalue weighted by Crippen LogP contribution is -2.27. The molecule has 0 aliphatic carbocycles. The van der Waals surface area contributed by atoms with Crippen molar-refractivity contribution in [2.24, 2.45) is 5.92 Å². The number of nitrogens with two attached hydrogens (primary N) is 1. The van der Waals surface area contributed by atoms with Gasteiger partial charge in [0.15, 0.2) is 5.82 Å². The number of hydrogen-bond acceptors (Lipinski definition) is 6. The van der Waals surface area contributed by atoms with Crippen LogP contribution in [0.25, 0.3) is 5.52 Å². The average Bonchev–Trinajstić information content (AvgIpc) is 2.94. The molecule has 4 N–H and O–H groups in total. The molecular formula is C12H16N4O3. The van der Waals surface area contributed by atoms with Crippen LogP contribution in [0.15, 0.2) is 18.5 Å². The Balaban J connectivity index is 2.04. The highest BCUT2D eigenvalue weighted by molar-refractivity contribution is 5.65. The maximum Gasteiger partial charge on any atom is 0.151 e. The topological polar surface area (TPSA) is 106 Å². The Morgan fingerprint density at radius 1 is 1.47 bits per heavy atom. The fourth-order valence-electron chi connectivity index (χ4n) is 2.59. The summed E-state index contributed by atoms with van der Waals surface area (Å²) < 4.78 is 7.37. The van der Waals surface area contributed by atoms with Crippen LogP contribution < -0.4 is 5.73 Å². The molecule has 2 aromatic heterocycles. The van der Waals surface area contributed by atoms with E-state index in [9.17, 15) is 10.2 Å². The number of nitrogens with zero attached hydrogens (tertiary/aromatic N) is 3. The van der Waals surface area contributed by atoms with Gasteiger partial charge in [0.05, 0.1) is 18.4 Å². The molecule has 1 aliphatic heterocycles. The first-order chi connectivity index (χ1) is 9.13. The molecule has 0 radical (unpaired) electrons. The molecule has 3 rings (SSSR count). The summed E-state index contributed by atoms with van der Waals surface area (Å²) in [6.07, 6.45) is -0.209. The monoisotopic (exact) mass is 264 g/mol. The van der Waals surface area contributed by atoms with Crippen LogP contribution in [-0.4, -0.2) is 43.6 Å². The van der Waals surface area contributed by atoms with Gasteiger partial charge in [-0.15, -0.1) is 0 Å². The van der Waals surface area contributed by atoms with E-state index in [1.54, 1.807) is 4.52 Å². The molecule has 0 saturated carbocycles. The summed E-state index contributed by atoms with van der Waals surface area (Å²) in [6, 6.07) is 3.67. The minimum Gasteiger partial charge on any atom is -0.394 e. The summed E-state index contributed by atoms with van der Waals surface area (Å²) in [6.45, 7) is 1.68. The molecular weight excluding hydrogens is 248 g/mol. The van der Waals surface area contributed by atoms with Crippen molar-refractivity contribution < 1.29 is 14.9 Å². The van der Waals surface area contributed by atoms with Crippen molar-refractivity contribution in [3.05, 3.63) is 24.2 Å². The van der Waals surface area contributed by atoms with Gasteiger partial charge in [-0.25, -0.2) is 9.50 Å². The van der Waals surface area contributed by atoms with Gasteiger partial charge in [-0.1, -0.05) is 6.92 Å². The third-order valence-corrected chi connectivity index (χ3v) is 3.70. The zero-order chi connectivity index (χ0) is 13.6. The number of aliphatic hydroxyl groups excluding tert-OH is 2. The van der Waals surface area contributed by atoms with E-state index in [2.05, 4.69) is 10.1 Å². The van der Waals surface area contributed by atoms with E-state index in [0.717, 1.165) is 5.69 Å². The van der Waals surface area contributed by atoms with E-state index in [1.165, 1.54) is 6.33 Å². The minimum atomic E-state index is -0.695. The average molecular weight is 264 g/mol. The van der Waals surface area contributed by atoms with E-state index >= 15 is 0 Å². The SMILES string of the molecule is C[C@H]1[C@H](O)[C@@H](CO)O[C@H]1c1ccc2c(N)ncnn12. The molecule has 1 saturated heterocycles. The fourth-order valence-corrected chi connectivity index (χ4v) is 2.59. The minimum absolute atomic E-state index is 0.133. The fraction of sp³-hybridized carbons (Fsp3) is 0.500. The third kappa shape index (κ3) is 1.78. The molecule has 0 unspecified atom stereocenters. The second-order valence-corrected chi connectivity index (χ2v) is 4.83. The van der Waals surface area contributed by atoms with E-state index in [1.807, 2.05) is 19.1 Å². The summed E-state index contributed by atoms with van der Waals surface area (Å²) in [5.74, 6) is 0.262. The lowest BCUT2D eigenvalue weighted by Gasteiger charge is -2.15. The molecule has 4 atom stereocenters. The summed E-state index contributed by atoms with van der Waals surface area (Å²) >= 11 is 0. The van der Waals surface area contributed by atoms with Gasteiger partial charge in [-0.05, 0) is 12.1 Å². The first kappa shape index (κ1) is 12.3. The Morgan fingerprint density at radius 3 is 2.95 bits per heavy atom. The number of hydrogen-bond donors (Lipinski definition) is 3. The van der Waals surface area contributed by atoms with E-state index in [-0.39, 0.29) is 18.6 Å². The Labute approximate surface area is 109 Å². The normalized spacial score (nSPS) is 31.1. The summed E-state index contributed by atoms with van der Waals surface area (Å²) in [5, 5.41) is 23.3. The van der Waals surface area contributed by atoms with E-state index < -0.39 is 12.2 Å². The van der Waals surface area contributed by atoms with Crippen molar-refractivity contribution in [2.45, 2.75) is 25.2 Å². The van der Waals surface area contributed by atoms with Gasteiger partial charge in [0.2, 0.25) is 0 Å². The van der Waals surface area contributed by atoms with Crippen LogP contribution in [0.2, 0.25) is 0 Å². The van der Waals surface area contributed by atoms with Gasteiger partial charge in [-0.2, -0.15) is 5.10 Å². The Hall–Kier alpha value is -1.70. The molecule has 102 valence electrons. The number of ether oxygens (including phenoxy) is 1. The van der Waals surface area contributed by atoms with Crippen molar-refractivity contribution in [3.63, 3.8) is 0 Å². The van der Waals surface area contributed by atoms with Gasteiger partial charge in [0.25, 0.3) is 0 Å². The Kier molecular flexibility index (Phi) is 2.89. The predicted octanol–water partition coefficient (Wildman–Crippen LogP) is -0.259. The van der Waals surface area contributed by atoms with Crippen LogP contribution in [-0.2, 0) is 4.74 Å². The van der Waals surface area contributed by atoms with Crippen molar-refractivity contribution in [2.75, 3.05) is 12.3 Å². The quantitative estimate of drug-likeness (QED) is 0.690. The summed E-state index contributed by atoms with van der Waals surface area (Å²) in [5.41, 5.74) is 7.28. The van der Waals surface area contributed by atoms with Crippen LogP contribution in [0.4, 0.5) is 5.82 Å². The molecule has 3 heterocycles. The number of aromatic nitrogens is 3. The highest BCUT2D eigenvalue weighted by Gasteiger charge is 2.42. The van der Waals surface area contributed by atoms with Gasteiger partial charge >= 0.3 is 0 Å². The molecule has 19 heavy (non-hydrogen) atoms. The van der Waals surface area contributed by atoms with E-state index in [0.29, 0.717) is 11.3 Å². The third-order valence-electron chi connectivity index (χ3n) is 3.70. The number of fused-ring (bicyclic) bond motifs is 1. The van der Waals surface area contributed by atoms with Crippen LogP contribution in [0, 0.1) is 5.92 Å². The van der Waals surface area contributed by atoms with Gasteiger partial charge in [0, 0.05) is 5.92 Å². The maximum atomic E-state index is 10.0. The van der Waals surface area contributed by atoms with Gasteiger partial charge in [-0.3, -0.25) is 0 Å². The highest BCUT2D eigenvalue weighted by Crippen LogP contribution is 2.38. The molecule has 7 heteroatoms. The standard InChI is InChI=1S/C12H16N4O3/c1-6-10(18)9(4-17)19-11(6)7-2-3-8-12(13)14-5-15-16(7)8/h2-3,5-6,9-11,17-18H,4H2,1H3,(H2,13,14,15)/t6-,9+,10-,11+/m0/s1. The van der Waals surface area contributed by atoms with Crippen molar-refractivity contribution in [1.82, 2.24) is 14.6 Å². The lowest BCUT2D eigenvalue weighted by molar-refractivity contribution is -0.0240. The number of rotatable bonds is 2. The van der Waals surface area contributed by atoms with Crippen molar-refractivity contribution >= 4 is 11.3 Å². The molecule has 0 bridgehead atoms. The van der Waals surface area contributed by atoms with Crippen LogP contribution in [0.1, 0.15) is 18.7 Å².